The zero-order valence-electron chi connectivity index (χ0n) is 11.9. The maximum absolute atomic E-state index is 10.9. The van der Waals surface area contributed by atoms with Gasteiger partial charge in [-0.15, -0.1) is 11.3 Å². The average molecular weight is 306 g/mol. The number of thiazole rings is 1. The van der Waals surface area contributed by atoms with E-state index in [-0.39, 0.29) is 5.69 Å². The summed E-state index contributed by atoms with van der Waals surface area (Å²) >= 11 is 1.38. The van der Waals surface area contributed by atoms with Crippen LogP contribution in [0.3, 0.4) is 0 Å². The third kappa shape index (κ3) is 3.07. The molecular formula is C14H18N4O2S. The SMILES string of the molecule is Cc1sc(NCCc2cn3c(n2)CCCC3)nc1C(=O)O. The van der Waals surface area contributed by atoms with E-state index in [9.17, 15) is 4.79 Å². The first-order valence-electron chi connectivity index (χ1n) is 7.13. The minimum atomic E-state index is -0.974. The normalized spacial score (nSPS) is 14.0. The smallest absolute Gasteiger partial charge is 0.355 e. The van der Waals surface area contributed by atoms with E-state index in [4.69, 9.17) is 5.11 Å². The van der Waals surface area contributed by atoms with Crippen LogP contribution < -0.4 is 5.32 Å². The fraction of sp³-hybridized carbons (Fsp3) is 0.500. The third-order valence-electron chi connectivity index (χ3n) is 3.61. The minimum Gasteiger partial charge on any atom is -0.476 e. The molecule has 0 aromatic carbocycles. The Balaban J connectivity index is 1.57. The highest BCUT2D eigenvalue weighted by molar-refractivity contribution is 7.15. The first kappa shape index (κ1) is 14.1. The molecule has 0 saturated heterocycles. The molecule has 1 aliphatic heterocycles. The van der Waals surface area contributed by atoms with Gasteiger partial charge in [0.25, 0.3) is 0 Å². The molecular weight excluding hydrogens is 288 g/mol. The molecule has 21 heavy (non-hydrogen) atoms. The number of aromatic nitrogens is 3. The fourth-order valence-electron chi connectivity index (χ4n) is 2.56. The molecule has 0 amide bonds. The predicted octanol–water partition coefficient (Wildman–Crippen LogP) is 2.34. The number of hydrogen-bond acceptors (Lipinski definition) is 5. The Kier molecular flexibility index (Phi) is 3.92. The number of nitrogens with one attached hydrogen (secondary N) is 1. The largest absolute Gasteiger partial charge is 0.476 e. The van der Waals surface area contributed by atoms with Crippen LogP contribution in [0.2, 0.25) is 0 Å². The molecule has 2 aromatic heterocycles. The highest BCUT2D eigenvalue weighted by Crippen LogP contribution is 2.22. The quantitative estimate of drug-likeness (QED) is 0.886. The van der Waals surface area contributed by atoms with Crippen LogP contribution in [0.5, 0.6) is 0 Å². The highest BCUT2D eigenvalue weighted by Gasteiger charge is 2.14. The number of fused-ring (bicyclic) bond motifs is 1. The molecule has 2 N–H and O–H groups in total. The van der Waals surface area contributed by atoms with E-state index < -0.39 is 5.97 Å². The van der Waals surface area contributed by atoms with Gasteiger partial charge in [0.15, 0.2) is 10.8 Å². The van der Waals surface area contributed by atoms with Gasteiger partial charge in [0.2, 0.25) is 0 Å². The summed E-state index contributed by atoms with van der Waals surface area (Å²) < 4.78 is 2.24. The van der Waals surface area contributed by atoms with Crippen LogP contribution in [-0.4, -0.2) is 32.2 Å². The Labute approximate surface area is 126 Å². The molecule has 0 fully saturated rings. The summed E-state index contributed by atoms with van der Waals surface area (Å²) in [5.74, 6) is 0.216. The molecule has 0 saturated carbocycles. The van der Waals surface area contributed by atoms with Crippen molar-refractivity contribution in [2.75, 3.05) is 11.9 Å². The van der Waals surface area contributed by atoms with Crippen molar-refractivity contribution in [1.82, 2.24) is 14.5 Å². The van der Waals surface area contributed by atoms with Crippen molar-refractivity contribution in [1.29, 1.82) is 0 Å². The van der Waals surface area contributed by atoms with E-state index in [1.54, 1.807) is 6.92 Å². The Hall–Kier alpha value is -1.89. The molecule has 0 spiro atoms. The second-order valence-corrected chi connectivity index (χ2v) is 6.41. The van der Waals surface area contributed by atoms with E-state index in [0.717, 1.165) is 30.0 Å². The van der Waals surface area contributed by atoms with Crippen LogP contribution in [0.15, 0.2) is 6.20 Å². The minimum absolute atomic E-state index is 0.139. The summed E-state index contributed by atoms with van der Waals surface area (Å²) in [5, 5.41) is 12.8. The van der Waals surface area contributed by atoms with Crippen LogP contribution >= 0.6 is 11.3 Å². The Bertz CT molecular complexity index is 638. The van der Waals surface area contributed by atoms with Crippen molar-refractivity contribution in [2.45, 2.75) is 39.2 Å². The summed E-state index contributed by atoms with van der Waals surface area (Å²) in [7, 11) is 0. The zero-order valence-corrected chi connectivity index (χ0v) is 12.7. The van der Waals surface area contributed by atoms with E-state index in [1.807, 2.05) is 0 Å². The number of carbonyl (C=O) groups is 1. The number of rotatable bonds is 5. The molecule has 3 heterocycles. The maximum Gasteiger partial charge on any atom is 0.355 e. The summed E-state index contributed by atoms with van der Waals surface area (Å²) in [6.45, 7) is 3.56. The van der Waals surface area contributed by atoms with Crippen molar-refractivity contribution < 1.29 is 9.90 Å². The lowest BCUT2D eigenvalue weighted by atomic mass is 10.2. The molecule has 112 valence electrons. The standard InChI is InChI=1S/C14H18N4O2S/c1-9-12(13(19)20)17-14(21-9)15-6-5-10-8-18-7-3-2-4-11(18)16-10/h8H,2-7H2,1H3,(H,15,17)(H,19,20). The van der Waals surface area contributed by atoms with Crippen LogP contribution in [0.1, 0.15) is 39.7 Å². The van der Waals surface area contributed by atoms with E-state index in [0.29, 0.717) is 11.7 Å². The van der Waals surface area contributed by atoms with E-state index in [1.165, 1.54) is 30.0 Å². The van der Waals surface area contributed by atoms with Gasteiger partial charge in [-0.05, 0) is 19.8 Å². The van der Waals surface area contributed by atoms with Gasteiger partial charge in [0.05, 0.1) is 5.69 Å². The number of anilines is 1. The molecule has 2 aromatic rings. The summed E-state index contributed by atoms with van der Waals surface area (Å²) in [6, 6.07) is 0. The predicted molar refractivity (Wildman–Crippen MR) is 81.2 cm³/mol. The van der Waals surface area contributed by atoms with Crippen molar-refractivity contribution in [3.8, 4) is 0 Å². The number of aryl methyl sites for hydroxylation is 3. The van der Waals surface area contributed by atoms with Crippen molar-refractivity contribution in [2.24, 2.45) is 0 Å². The maximum atomic E-state index is 10.9. The lowest BCUT2D eigenvalue weighted by molar-refractivity contribution is 0.0690. The monoisotopic (exact) mass is 306 g/mol. The Morgan fingerprint density at radius 1 is 1.48 bits per heavy atom. The van der Waals surface area contributed by atoms with Crippen LogP contribution in [0, 0.1) is 6.92 Å². The molecule has 0 atom stereocenters. The summed E-state index contributed by atoms with van der Waals surface area (Å²) in [6.07, 6.45) is 6.48. The van der Waals surface area contributed by atoms with Crippen molar-refractivity contribution in [3.05, 3.63) is 28.3 Å². The van der Waals surface area contributed by atoms with Gasteiger partial charge < -0.3 is 15.0 Å². The molecule has 1 aliphatic rings. The fourth-order valence-corrected chi connectivity index (χ4v) is 3.39. The number of carboxylic acids is 1. The molecule has 0 aliphatic carbocycles. The van der Waals surface area contributed by atoms with Gasteiger partial charge in [-0.25, -0.2) is 14.8 Å². The molecule has 7 heteroatoms. The highest BCUT2D eigenvalue weighted by atomic mass is 32.1. The zero-order chi connectivity index (χ0) is 14.8. The molecule has 0 radical (unpaired) electrons. The number of aromatic carboxylic acids is 1. The van der Waals surface area contributed by atoms with Crippen molar-refractivity contribution >= 4 is 22.4 Å². The van der Waals surface area contributed by atoms with Gasteiger partial charge in [-0.3, -0.25) is 0 Å². The van der Waals surface area contributed by atoms with Crippen LogP contribution in [-0.2, 0) is 19.4 Å². The molecule has 0 bridgehead atoms. The van der Waals surface area contributed by atoms with Gasteiger partial charge in [-0.2, -0.15) is 0 Å². The lowest BCUT2D eigenvalue weighted by Crippen LogP contribution is -2.08. The topological polar surface area (TPSA) is 80.0 Å². The molecule has 6 nitrogen and oxygen atoms in total. The first-order valence-corrected chi connectivity index (χ1v) is 7.94. The molecule has 3 rings (SSSR count). The van der Waals surface area contributed by atoms with Gasteiger partial charge in [-0.1, -0.05) is 0 Å². The number of hydrogen-bond donors (Lipinski definition) is 2. The molecule has 0 unspecified atom stereocenters. The number of imidazole rings is 1. The van der Waals surface area contributed by atoms with Gasteiger partial charge >= 0.3 is 5.97 Å². The summed E-state index contributed by atoms with van der Waals surface area (Å²) in [5.41, 5.74) is 1.23. The summed E-state index contributed by atoms with van der Waals surface area (Å²) in [4.78, 5) is 20.4. The Morgan fingerprint density at radius 3 is 3.05 bits per heavy atom. The van der Waals surface area contributed by atoms with E-state index >= 15 is 0 Å². The van der Waals surface area contributed by atoms with Gasteiger partial charge in [0.1, 0.15) is 5.82 Å². The van der Waals surface area contributed by atoms with Crippen molar-refractivity contribution in [3.63, 3.8) is 0 Å². The van der Waals surface area contributed by atoms with E-state index in [2.05, 4.69) is 26.0 Å². The average Bonchev–Trinajstić information content (AvgIpc) is 3.01. The van der Waals surface area contributed by atoms with Gasteiger partial charge in [0, 0.05) is 37.0 Å². The second kappa shape index (κ2) is 5.85. The third-order valence-corrected chi connectivity index (χ3v) is 4.54. The first-order chi connectivity index (χ1) is 10.1. The number of nitrogens with zero attached hydrogens (tertiary/aromatic N) is 3. The Morgan fingerprint density at radius 2 is 2.33 bits per heavy atom. The number of carboxylic acid groups (broad SMARTS) is 1. The lowest BCUT2D eigenvalue weighted by Gasteiger charge is -2.11. The van der Waals surface area contributed by atoms with Crippen LogP contribution in [0.4, 0.5) is 5.13 Å². The second-order valence-electron chi connectivity index (χ2n) is 5.20. The van der Waals surface area contributed by atoms with Crippen LogP contribution in [0.25, 0.3) is 0 Å².